The molecule has 0 bridgehead atoms. The van der Waals surface area contributed by atoms with Crippen molar-refractivity contribution in [2.24, 2.45) is 5.73 Å². The molecule has 1 aliphatic rings. The van der Waals surface area contributed by atoms with Gasteiger partial charge in [0.25, 0.3) is 5.91 Å². The van der Waals surface area contributed by atoms with Gasteiger partial charge < -0.3 is 11.1 Å². The van der Waals surface area contributed by atoms with Gasteiger partial charge in [0.15, 0.2) is 0 Å². The zero-order valence-corrected chi connectivity index (χ0v) is 10.7. The van der Waals surface area contributed by atoms with E-state index in [2.05, 4.69) is 5.32 Å². The van der Waals surface area contributed by atoms with E-state index in [1.807, 2.05) is 17.5 Å². The van der Waals surface area contributed by atoms with E-state index in [0.717, 1.165) is 30.6 Å². The van der Waals surface area contributed by atoms with Gasteiger partial charge in [0, 0.05) is 12.1 Å². The Hall–Kier alpha value is -0.580. The number of nitrogens with two attached hydrogens (primary N) is 1. The van der Waals surface area contributed by atoms with Gasteiger partial charge >= 0.3 is 0 Å². The molecule has 0 saturated heterocycles. The number of hydrogen-bond donors (Lipinski definition) is 2. The fourth-order valence-corrected chi connectivity index (χ4v) is 2.55. The van der Waals surface area contributed by atoms with E-state index in [9.17, 15) is 4.79 Å². The molecule has 1 aromatic rings. The van der Waals surface area contributed by atoms with Crippen molar-refractivity contribution in [2.45, 2.75) is 37.8 Å². The molecule has 0 spiro atoms. The van der Waals surface area contributed by atoms with Crippen LogP contribution in [-0.4, -0.2) is 18.0 Å². The molecule has 5 heteroatoms. The summed E-state index contributed by atoms with van der Waals surface area (Å²) in [5, 5.41) is 4.98. The summed E-state index contributed by atoms with van der Waals surface area (Å²) in [7, 11) is 0. The maximum Gasteiger partial charge on any atom is 0.261 e. The Morgan fingerprint density at radius 2 is 2.06 bits per heavy atom. The predicted octanol–water partition coefficient (Wildman–Crippen LogP) is 2.17. The van der Waals surface area contributed by atoms with Crippen LogP contribution in [-0.2, 0) is 0 Å². The van der Waals surface area contributed by atoms with Crippen LogP contribution in [0.5, 0.6) is 0 Å². The van der Waals surface area contributed by atoms with Crippen molar-refractivity contribution in [1.29, 1.82) is 0 Å². The minimum absolute atomic E-state index is 0. The van der Waals surface area contributed by atoms with E-state index < -0.39 is 0 Å². The zero-order chi connectivity index (χ0) is 10.7. The summed E-state index contributed by atoms with van der Waals surface area (Å²) in [6, 6.07) is 4.41. The molecule has 16 heavy (non-hydrogen) atoms. The monoisotopic (exact) mass is 260 g/mol. The molecule has 1 amide bonds. The molecule has 1 aromatic heterocycles. The maximum absolute atomic E-state index is 11.7. The van der Waals surface area contributed by atoms with E-state index in [-0.39, 0.29) is 18.3 Å². The maximum atomic E-state index is 11.7. The molecule has 1 aliphatic carbocycles. The Morgan fingerprint density at radius 3 is 2.62 bits per heavy atom. The highest BCUT2D eigenvalue weighted by Crippen LogP contribution is 2.18. The summed E-state index contributed by atoms with van der Waals surface area (Å²) in [5.74, 6) is 0.0606. The number of amides is 1. The standard InChI is InChI=1S/C11H16N2OS.ClH/c12-8-3-5-9(6-4-8)13-11(14)10-2-1-7-15-10;/h1-2,7-9H,3-6,12H2,(H,13,14);1H. The number of carbonyl (C=O) groups is 1. The van der Waals surface area contributed by atoms with Crippen molar-refractivity contribution in [2.75, 3.05) is 0 Å². The Labute approximate surface area is 106 Å². The number of rotatable bonds is 2. The lowest BCUT2D eigenvalue weighted by Crippen LogP contribution is -2.40. The van der Waals surface area contributed by atoms with Crippen LogP contribution in [0, 0.1) is 0 Å². The van der Waals surface area contributed by atoms with Crippen molar-refractivity contribution in [3.8, 4) is 0 Å². The van der Waals surface area contributed by atoms with E-state index in [1.54, 1.807) is 0 Å². The number of hydrogen-bond acceptors (Lipinski definition) is 3. The molecule has 1 fully saturated rings. The van der Waals surface area contributed by atoms with E-state index >= 15 is 0 Å². The van der Waals surface area contributed by atoms with Crippen molar-refractivity contribution in [3.05, 3.63) is 22.4 Å². The first-order valence-corrected chi connectivity index (χ1v) is 6.23. The second-order valence-electron chi connectivity index (χ2n) is 4.06. The molecule has 3 nitrogen and oxygen atoms in total. The number of carbonyl (C=O) groups excluding carboxylic acids is 1. The van der Waals surface area contributed by atoms with Crippen molar-refractivity contribution in [1.82, 2.24) is 5.32 Å². The third-order valence-electron chi connectivity index (χ3n) is 2.85. The Balaban J connectivity index is 0.00000128. The Kier molecular flexibility index (Phi) is 5.25. The van der Waals surface area contributed by atoms with Crippen LogP contribution < -0.4 is 11.1 Å². The van der Waals surface area contributed by atoms with E-state index in [0.29, 0.717) is 12.1 Å². The van der Waals surface area contributed by atoms with Gasteiger partial charge in [-0.15, -0.1) is 23.7 Å². The summed E-state index contributed by atoms with van der Waals surface area (Å²) in [6.45, 7) is 0. The largest absolute Gasteiger partial charge is 0.349 e. The molecule has 3 N–H and O–H groups in total. The highest BCUT2D eigenvalue weighted by Gasteiger charge is 2.20. The van der Waals surface area contributed by atoms with E-state index in [1.165, 1.54) is 11.3 Å². The van der Waals surface area contributed by atoms with Crippen LogP contribution >= 0.6 is 23.7 Å². The van der Waals surface area contributed by atoms with Crippen LogP contribution in [0.2, 0.25) is 0 Å². The van der Waals surface area contributed by atoms with Crippen LogP contribution in [0.4, 0.5) is 0 Å². The lowest BCUT2D eigenvalue weighted by Gasteiger charge is -2.26. The Morgan fingerprint density at radius 1 is 1.38 bits per heavy atom. The molecular weight excluding hydrogens is 244 g/mol. The number of halogens is 1. The normalized spacial score (nSPS) is 24.6. The van der Waals surface area contributed by atoms with Gasteiger partial charge in [0.1, 0.15) is 0 Å². The second-order valence-corrected chi connectivity index (χ2v) is 5.01. The molecule has 0 aromatic carbocycles. The third-order valence-corrected chi connectivity index (χ3v) is 3.72. The van der Waals surface area contributed by atoms with Crippen LogP contribution in [0.3, 0.4) is 0 Å². The fraction of sp³-hybridized carbons (Fsp3) is 0.545. The van der Waals surface area contributed by atoms with Gasteiger partial charge in [-0.3, -0.25) is 4.79 Å². The molecular formula is C11H17ClN2OS. The quantitative estimate of drug-likeness (QED) is 0.856. The van der Waals surface area contributed by atoms with Crippen LogP contribution in [0.1, 0.15) is 35.4 Å². The third kappa shape index (κ3) is 3.47. The molecule has 1 saturated carbocycles. The summed E-state index contributed by atoms with van der Waals surface area (Å²) in [4.78, 5) is 12.5. The molecule has 0 unspecified atom stereocenters. The molecule has 0 aliphatic heterocycles. The summed E-state index contributed by atoms with van der Waals surface area (Å²) >= 11 is 1.48. The zero-order valence-electron chi connectivity index (χ0n) is 9.02. The van der Waals surface area contributed by atoms with Gasteiger partial charge in [-0.25, -0.2) is 0 Å². The predicted molar refractivity (Wildman–Crippen MR) is 69.3 cm³/mol. The van der Waals surface area contributed by atoms with Crippen LogP contribution in [0.15, 0.2) is 17.5 Å². The molecule has 0 radical (unpaired) electrons. The first-order valence-electron chi connectivity index (χ1n) is 5.35. The van der Waals surface area contributed by atoms with Gasteiger partial charge in [-0.1, -0.05) is 6.07 Å². The second kappa shape index (κ2) is 6.23. The average molecular weight is 261 g/mol. The SMILES string of the molecule is Cl.NC1CCC(NC(=O)c2cccs2)CC1. The molecule has 90 valence electrons. The number of thiophene rings is 1. The lowest BCUT2D eigenvalue weighted by atomic mass is 9.92. The lowest BCUT2D eigenvalue weighted by molar-refractivity contribution is 0.0930. The average Bonchev–Trinajstić information content (AvgIpc) is 2.74. The van der Waals surface area contributed by atoms with Crippen molar-refractivity contribution in [3.63, 3.8) is 0 Å². The van der Waals surface area contributed by atoms with Gasteiger partial charge in [-0.05, 0) is 37.1 Å². The number of nitrogens with one attached hydrogen (secondary N) is 1. The summed E-state index contributed by atoms with van der Waals surface area (Å²) in [6.07, 6.45) is 4.07. The first-order chi connectivity index (χ1) is 7.25. The minimum Gasteiger partial charge on any atom is -0.349 e. The summed E-state index contributed by atoms with van der Waals surface area (Å²) < 4.78 is 0. The van der Waals surface area contributed by atoms with Crippen LogP contribution in [0.25, 0.3) is 0 Å². The van der Waals surface area contributed by atoms with Crippen molar-refractivity contribution < 1.29 is 4.79 Å². The minimum atomic E-state index is 0. The van der Waals surface area contributed by atoms with Gasteiger partial charge in [-0.2, -0.15) is 0 Å². The molecule has 1 heterocycles. The summed E-state index contributed by atoms with van der Waals surface area (Å²) in [5.41, 5.74) is 5.81. The highest BCUT2D eigenvalue weighted by atomic mass is 35.5. The Bertz CT molecular complexity index is 321. The fourth-order valence-electron chi connectivity index (χ4n) is 1.93. The van der Waals surface area contributed by atoms with Gasteiger partial charge in [0.2, 0.25) is 0 Å². The topological polar surface area (TPSA) is 55.1 Å². The molecule has 2 rings (SSSR count). The highest BCUT2D eigenvalue weighted by molar-refractivity contribution is 7.12. The van der Waals surface area contributed by atoms with E-state index in [4.69, 9.17) is 5.73 Å². The van der Waals surface area contributed by atoms with Crippen molar-refractivity contribution >= 4 is 29.7 Å². The smallest absolute Gasteiger partial charge is 0.261 e. The molecule has 0 atom stereocenters. The van der Waals surface area contributed by atoms with Gasteiger partial charge in [0.05, 0.1) is 4.88 Å². The first kappa shape index (κ1) is 13.5.